The maximum Gasteiger partial charge on any atom is 0.251 e. The molecule has 4 nitrogen and oxygen atoms in total. The molecule has 0 saturated carbocycles. The highest BCUT2D eigenvalue weighted by Crippen LogP contribution is 2.08. The van der Waals surface area contributed by atoms with E-state index < -0.39 is 0 Å². The van der Waals surface area contributed by atoms with Gasteiger partial charge in [0.25, 0.3) is 5.91 Å². The molecule has 1 aromatic rings. The van der Waals surface area contributed by atoms with E-state index in [1.165, 1.54) is 6.92 Å². The van der Waals surface area contributed by atoms with E-state index in [1.807, 2.05) is 12.1 Å². The fraction of sp³-hybridized carbons (Fsp3) is 0.273. The Morgan fingerprint density at radius 1 is 1.27 bits per heavy atom. The van der Waals surface area contributed by atoms with Crippen molar-refractivity contribution in [3.63, 3.8) is 0 Å². The van der Waals surface area contributed by atoms with Gasteiger partial charge in [-0.3, -0.25) is 9.59 Å². The van der Waals surface area contributed by atoms with Crippen molar-refractivity contribution in [2.75, 3.05) is 7.05 Å². The fourth-order valence-electron chi connectivity index (χ4n) is 1.25. The first-order valence-corrected chi connectivity index (χ1v) is 4.69. The quantitative estimate of drug-likeness (QED) is 0.764. The van der Waals surface area contributed by atoms with Crippen molar-refractivity contribution in [2.24, 2.45) is 0 Å². The first-order chi connectivity index (χ1) is 7.15. The number of nitrogens with one attached hydrogen (secondary N) is 2. The van der Waals surface area contributed by atoms with Crippen molar-refractivity contribution in [3.05, 3.63) is 35.4 Å². The van der Waals surface area contributed by atoms with E-state index in [2.05, 4.69) is 10.6 Å². The van der Waals surface area contributed by atoms with Gasteiger partial charge in [0.2, 0.25) is 5.91 Å². The molecule has 2 amide bonds. The van der Waals surface area contributed by atoms with Gasteiger partial charge in [-0.1, -0.05) is 18.2 Å². The van der Waals surface area contributed by atoms with Gasteiger partial charge in [0.05, 0.1) is 0 Å². The highest BCUT2D eigenvalue weighted by atomic mass is 16.2. The number of amides is 2. The van der Waals surface area contributed by atoms with E-state index in [9.17, 15) is 9.59 Å². The Balaban J connectivity index is 2.86. The van der Waals surface area contributed by atoms with Crippen LogP contribution in [-0.4, -0.2) is 18.9 Å². The normalized spacial score (nSPS) is 9.47. The van der Waals surface area contributed by atoms with E-state index in [0.717, 1.165) is 5.56 Å². The minimum Gasteiger partial charge on any atom is -0.355 e. The Morgan fingerprint density at radius 3 is 2.53 bits per heavy atom. The van der Waals surface area contributed by atoms with Crippen molar-refractivity contribution in [1.82, 2.24) is 10.6 Å². The smallest absolute Gasteiger partial charge is 0.251 e. The molecule has 0 aliphatic heterocycles. The third-order valence-corrected chi connectivity index (χ3v) is 2.02. The third-order valence-electron chi connectivity index (χ3n) is 2.02. The zero-order chi connectivity index (χ0) is 11.3. The Morgan fingerprint density at radius 2 is 1.93 bits per heavy atom. The summed E-state index contributed by atoms with van der Waals surface area (Å²) in [5.41, 5.74) is 1.40. The monoisotopic (exact) mass is 206 g/mol. The van der Waals surface area contributed by atoms with Crippen molar-refractivity contribution in [3.8, 4) is 0 Å². The summed E-state index contributed by atoms with van der Waals surface area (Å²) in [4.78, 5) is 22.2. The maximum absolute atomic E-state index is 11.5. The van der Waals surface area contributed by atoms with Gasteiger partial charge >= 0.3 is 0 Å². The first kappa shape index (κ1) is 11.2. The van der Waals surface area contributed by atoms with Crippen LogP contribution in [0.1, 0.15) is 22.8 Å². The predicted molar refractivity (Wildman–Crippen MR) is 57.4 cm³/mol. The summed E-state index contributed by atoms with van der Waals surface area (Å²) in [6.07, 6.45) is 0. The zero-order valence-electron chi connectivity index (χ0n) is 8.83. The van der Waals surface area contributed by atoms with Crippen LogP contribution in [0.5, 0.6) is 0 Å². The van der Waals surface area contributed by atoms with Crippen molar-refractivity contribution < 1.29 is 9.59 Å². The Labute approximate surface area is 88.7 Å². The summed E-state index contributed by atoms with van der Waals surface area (Å²) in [7, 11) is 1.58. The van der Waals surface area contributed by atoms with Gasteiger partial charge in [-0.05, 0) is 11.6 Å². The molecule has 0 aliphatic rings. The molecular weight excluding hydrogens is 192 g/mol. The average molecular weight is 206 g/mol. The zero-order valence-corrected chi connectivity index (χ0v) is 8.83. The van der Waals surface area contributed by atoms with Crippen LogP contribution in [0.15, 0.2) is 24.3 Å². The van der Waals surface area contributed by atoms with Gasteiger partial charge < -0.3 is 10.6 Å². The van der Waals surface area contributed by atoms with Crippen LogP contribution in [0, 0.1) is 0 Å². The number of rotatable bonds is 3. The van der Waals surface area contributed by atoms with Gasteiger partial charge in [0.1, 0.15) is 0 Å². The van der Waals surface area contributed by atoms with Crippen molar-refractivity contribution in [1.29, 1.82) is 0 Å². The molecule has 0 fully saturated rings. The molecule has 0 bridgehead atoms. The van der Waals surface area contributed by atoms with E-state index in [1.54, 1.807) is 19.2 Å². The Kier molecular flexibility index (Phi) is 3.85. The number of carbonyl (C=O) groups is 2. The largest absolute Gasteiger partial charge is 0.355 e. The minimum absolute atomic E-state index is 0.110. The van der Waals surface area contributed by atoms with Crippen LogP contribution in [-0.2, 0) is 11.3 Å². The van der Waals surface area contributed by atoms with Crippen LogP contribution in [0.25, 0.3) is 0 Å². The molecule has 1 rings (SSSR count). The second-order valence-electron chi connectivity index (χ2n) is 3.15. The summed E-state index contributed by atoms with van der Waals surface area (Å²) in [5, 5.41) is 5.22. The lowest BCUT2D eigenvalue weighted by Crippen LogP contribution is -2.24. The lowest BCUT2D eigenvalue weighted by molar-refractivity contribution is -0.119. The van der Waals surface area contributed by atoms with Crippen molar-refractivity contribution in [2.45, 2.75) is 13.5 Å². The summed E-state index contributed by atoms with van der Waals surface area (Å²) >= 11 is 0. The highest BCUT2D eigenvalue weighted by molar-refractivity contribution is 5.95. The van der Waals surface area contributed by atoms with Crippen LogP contribution < -0.4 is 10.6 Å². The van der Waals surface area contributed by atoms with E-state index in [0.29, 0.717) is 12.1 Å². The van der Waals surface area contributed by atoms with E-state index in [4.69, 9.17) is 0 Å². The van der Waals surface area contributed by atoms with Gasteiger partial charge in [-0.25, -0.2) is 0 Å². The van der Waals surface area contributed by atoms with Crippen LogP contribution in [0.2, 0.25) is 0 Å². The number of hydrogen-bond donors (Lipinski definition) is 2. The number of hydrogen-bond acceptors (Lipinski definition) is 2. The molecule has 1 aromatic carbocycles. The molecule has 0 aromatic heterocycles. The maximum atomic E-state index is 11.5. The number of carbonyl (C=O) groups excluding carboxylic acids is 2. The van der Waals surface area contributed by atoms with Crippen molar-refractivity contribution >= 4 is 11.8 Å². The first-order valence-electron chi connectivity index (χ1n) is 4.69. The second kappa shape index (κ2) is 5.14. The molecule has 0 unspecified atom stereocenters. The van der Waals surface area contributed by atoms with Crippen LogP contribution in [0.3, 0.4) is 0 Å². The molecule has 4 heteroatoms. The lowest BCUT2D eigenvalue weighted by atomic mass is 10.1. The lowest BCUT2D eigenvalue weighted by Gasteiger charge is -2.08. The summed E-state index contributed by atoms with van der Waals surface area (Å²) in [5.74, 6) is -0.252. The van der Waals surface area contributed by atoms with Gasteiger partial charge in [-0.2, -0.15) is 0 Å². The molecule has 0 saturated heterocycles. The van der Waals surface area contributed by atoms with Gasteiger partial charge in [0, 0.05) is 26.1 Å². The fourth-order valence-corrected chi connectivity index (χ4v) is 1.25. The SMILES string of the molecule is CNC(=O)c1ccccc1CNC(C)=O. The minimum atomic E-state index is -0.143. The van der Waals surface area contributed by atoms with E-state index in [-0.39, 0.29) is 11.8 Å². The van der Waals surface area contributed by atoms with E-state index >= 15 is 0 Å². The van der Waals surface area contributed by atoms with Gasteiger partial charge in [-0.15, -0.1) is 0 Å². The molecule has 15 heavy (non-hydrogen) atoms. The highest BCUT2D eigenvalue weighted by Gasteiger charge is 2.08. The summed E-state index contributed by atoms with van der Waals surface area (Å²) < 4.78 is 0. The Bertz CT molecular complexity index is 375. The molecule has 0 aliphatic carbocycles. The number of benzene rings is 1. The topological polar surface area (TPSA) is 58.2 Å². The molecule has 0 radical (unpaired) electrons. The average Bonchev–Trinajstić information content (AvgIpc) is 2.25. The standard InChI is InChI=1S/C11H14N2O2/c1-8(14)13-7-9-5-3-4-6-10(9)11(15)12-2/h3-6H,7H2,1-2H3,(H,12,15)(H,13,14). The third kappa shape index (κ3) is 3.09. The molecule has 2 N–H and O–H groups in total. The predicted octanol–water partition coefficient (Wildman–Crippen LogP) is 0.682. The molecule has 0 atom stereocenters. The molecule has 0 heterocycles. The van der Waals surface area contributed by atoms with Gasteiger partial charge in [0.15, 0.2) is 0 Å². The second-order valence-corrected chi connectivity index (χ2v) is 3.15. The molecule has 0 spiro atoms. The summed E-state index contributed by atoms with van der Waals surface area (Å²) in [6.45, 7) is 1.82. The Hall–Kier alpha value is -1.84. The van der Waals surface area contributed by atoms with Crippen LogP contribution >= 0.6 is 0 Å². The van der Waals surface area contributed by atoms with Crippen LogP contribution in [0.4, 0.5) is 0 Å². The molecule has 80 valence electrons. The molecular formula is C11H14N2O2. The summed E-state index contributed by atoms with van der Waals surface area (Å²) in [6, 6.07) is 7.18.